The lowest BCUT2D eigenvalue weighted by Gasteiger charge is -2.33. The Bertz CT molecular complexity index is 609. The minimum absolute atomic E-state index is 0.0408. The summed E-state index contributed by atoms with van der Waals surface area (Å²) in [4.78, 5) is 11.5. The maximum atomic E-state index is 12.8. The van der Waals surface area contributed by atoms with E-state index < -0.39 is 22.0 Å². The van der Waals surface area contributed by atoms with Gasteiger partial charge in [0.25, 0.3) is 10.0 Å². The van der Waals surface area contributed by atoms with Crippen LogP contribution in [0.25, 0.3) is 0 Å². The van der Waals surface area contributed by atoms with E-state index >= 15 is 0 Å². The van der Waals surface area contributed by atoms with Crippen LogP contribution in [-0.2, 0) is 26.6 Å². The molecule has 0 N–H and O–H groups in total. The number of methoxy groups -OCH3 is 1. The highest BCUT2D eigenvalue weighted by atomic mass is 35.5. The summed E-state index contributed by atoms with van der Waals surface area (Å²) in [6, 6.07) is -0.401. The number of carbonyl (C=O) groups excluding carboxylic acids is 1. The summed E-state index contributed by atoms with van der Waals surface area (Å²) in [6.45, 7) is 0.367. The first-order chi connectivity index (χ1) is 9.87. The second kappa shape index (κ2) is 6.33. The molecular weight excluding hydrogens is 318 g/mol. The molecule has 0 saturated carbocycles. The van der Waals surface area contributed by atoms with Crippen LogP contribution < -0.4 is 0 Å². The van der Waals surface area contributed by atoms with Crippen molar-refractivity contribution >= 4 is 27.6 Å². The van der Waals surface area contributed by atoms with Crippen LogP contribution in [0.15, 0.2) is 11.2 Å². The quantitative estimate of drug-likeness (QED) is 0.772. The number of ether oxygens (including phenoxy) is 1. The highest BCUT2D eigenvalue weighted by Crippen LogP contribution is 2.30. The molecule has 9 heteroatoms. The highest BCUT2D eigenvalue weighted by Gasteiger charge is 2.37. The first kappa shape index (κ1) is 16.3. The Morgan fingerprint density at radius 2 is 2.24 bits per heavy atom. The van der Waals surface area contributed by atoms with Gasteiger partial charge in [-0.3, -0.25) is 9.48 Å². The molecule has 1 atom stereocenters. The molecule has 2 rings (SSSR count). The smallest absolute Gasteiger partial charge is 0.307 e. The Labute approximate surface area is 128 Å². The van der Waals surface area contributed by atoms with E-state index in [0.717, 1.165) is 12.8 Å². The van der Waals surface area contributed by atoms with Crippen molar-refractivity contribution < 1.29 is 17.9 Å². The highest BCUT2D eigenvalue weighted by molar-refractivity contribution is 7.89. The van der Waals surface area contributed by atoms with Gasteiger partial charge in [-0.25, -0.2) is 8.42 Å². The molecule has 1 aliphatic heterocycles. The number of halogens is 1. The number of aromatic nitrogens is 2. The molecule has 0 radical (unpaired) electrons. The van der Waals surface area contributed by atoms with E-state index in [2.05, 4.69) is 9.84 Å². The minimum atomic E-state index is -3.79. The van der Waals surface area contributed by atoms with Crippen molar-refractivity contribution in [2.45, 2.75) is 36.8 Å². The second-order valence-corrected chi connectivity index (χ2v) is 7.18. The van der Waals surface area contributed by atoms with Gasteiger partial charge in [0.1, 0.15) is 0 Å². The third kappa shape index (κ3) is 3.22. The van der Waals surface area contributed by atoms with Crippen molar-refractivity contribution in [2.75, 3.05) is 13.7 Å². The van der Waals surface area contributed by atoms with Gasteiger partial charge >= 0.3 is 5.97 Å². The topological polar surface area (TPSA) is 81.5 Å². The molecule has 0 amide bonds. The van der Waals surface area contributed by atoms with E-state index in [1.165, 1.54) is 29.3 Å². The minimum Gasteiger partial charge on any atom is -0.469 e. The number of hydrogen-bond donors (Lipinski definition) is 0. The van der Waals surface area contributed by atoms with Crippen molar-refractivity contribution in [1.29, 1.82) is 0 Å². The fraction of sp³-hybridized carbons (Fsp3) is 0.667. The summed E-state index contributed by atoms with van der Waals surface area (Å²) in [6.07, 6.45) is 3.61. The zero-order valence-corrected chi connectivity index (χ0v) is 13.5. The summed E-state index contributed by atoms with van der Waals surface area (Å²) >= 11 is 5.95. The zero-order chi connectivity index (χ0) is 15.6. The van der Waals surface area contributed by atoms with Crippen molar-refractivity contribution in [3.63, 3.8) is 0 Å². The number of sulfonamides is 1. The fourth-order valence-corrected chi connectivity index (χ4v) is 4.87. The molecule has 118 valence electrons. The van der Waals surface area contributed by atoms with Gasteiger partial charge in [-0.05, 0) is 12.8 Å². The van der Waals surface area contributed by atoms with Gasteiger partial charge in [0.05, 0.1) is 24.8 Å². The van der Waals surface area contributed by atoms with Gasteiger partial charge in [-0.2, -0.15) is 9.40 Å². The molecule has 2 heterocycles. The Morgan fingerprint density at radius 1 is 1.52 bits per heavy atom. The maximum Gasteiger partial charge on any atom is 0.307 e. The lowest BCUT2D eigenvalue weighted by atomic mass is 10.0. The standard InChI is InChI=1S/C12H18ClN3O4S/c1-15-12(10(13)8-14-15)21(18,19)16-6-4-3-5-9(16)7-11(17)20-2/h8-9H,3-7H2,1-2H3. The first-order valence-corrected chi connectivity index (χ1v) is 8.46. The molecule has 1 aromatic rings. The summed E-state index contributed by atoms with van der Waals surface area (Å²) < 4.78 is 32.8. The summed E-state index contributed by atoms with van der Waals surface area (Å²) in [5, 5.41) is 3.91. The molecule has 1 aliphatic rings. The van der Waals surface area contributed by atoms with E-state index in [9.17, 15) is 13.2 Å². The normalized spacial score (nSPS) is 20.4. The number of carbonyl (C=O) groups is 1. The lowest BCUT2D eigenvalue weighted by Crippen LogP contribution is -2.45. The molecule has 1 aromatic heterocycles. The Hall–Kier alpha value is -1.12. The Kier molecular flexibility index (Phi) is 4.90. The van der Waals surface area contributed by atoms with Crippen molar-refractivity contribution in [1.82, 2.24) is 14.1 Å². The van der Waals surface area contributed by atoms with Crippen LogP contribution in [0.1, 0.15) is 25.7 Å². The van der Waals surface area contributed by atoms with Gasteiger partial charge < -0.3 is 4.74 Å². The van der Waals surface area contributed by atoms with Crippen LogP contribution in [0.4, 0.5) is 0 Å². The Morgan fingerprint density at radius 3 is 2.81 bits per heavy atom. The van der Waals surface area contributed by atoms with Gasteiger partial charge in [0.2, 0.25) is 0 Å². The molecule has 0 aromatic carbocycles. The Balaban J connectivity index is 2.34. The average Bonchev–Trinajstić information content (AvgIpc) is 2.79. The molecule has 0 spiro atoms. The molecule has 1 unspecified atom stereocenters. The maximum absolute atomic E-state index is 12.8. The zero-order valence-electron chi connectivity index (χ0n) is 12.0. The molecule has 0 aliphatic carbocycles. The van der Waals surface area contributed by atoms with Crippen LogP contribution in [0, 0.1) is 0 Å². The van der Waals surface area contributed by atoms with Crippen LogP contribution in [0.3, 0.4) is 0 Å². The summed E-state index contributed by atoms with van der Waals surface area (Å²) in [5.74, 6) is -0.418. The van der Waals surface area contributed by atoms with E-state index in [1.54, 1.807) is 0 Å². The van der Waals surface area contributed by atoms with Crippen molar-refractivity contribution in [2.24, 2.45) is 7.05 Å². The predicted octanol–water partition coefficient (Wildman–Crippen LogP) is 1.18. The average molecular weight is 336 g/mol. The van der Waals surface area contributed by atoms with Crippen LogP contribution in [0.2, 0.25) is 5.02 Å². The molecular formula is C12H18ClN3O4S. The summed E-state index contributed by atoms with van der Waals surface area (Å²) in [7, 11) is -0.970. The molecule has 7 nitrogen and oxygen atoms in total. The predicted molar refractivity (Wildman–Crippen MR) is 76.4 cm³/mol. The van der Waals surface area contributed by atoms with E-state index in [-0.39, 0.29) is 16.5 Å². The van der Waals surface area contributed by atoms with E-state index in [4.69, 9.17) is 11.6 Å². The summed E-state index contributed by atoms with van der Waals surface area (Å²) in [5.41, 5.74) is 0. The fourth-order valence-electron chi connectivity index (χ4n) is 2.57. The third-order valence-corrected chi connectivity index (χ3v) is 6.06. The molecule has 1 saturated heterocycles. The number of piperidine rings is 1. The van der Waals surface area contributed by atoms with E-state index in [0.29, 0.717) is 13.0 Å². The van der Waals surface area contributed by atoms with Gasteiger partial charge in [-0.1, -0.05) is 18.0 Å². The number of rotatable bonds is 4. The SMILES string of the molecule is COC(=O)CC1CCCCN1S(=O)(=O)c1c(Cl)cnn1C. The lowest BCUT2D eigenvalue weighted by molar-refractivity contribution is -0.141. The number of esters is 1. The van der Waals surface area contributed by atoms with Gasteiger partial charge in [0, 0.05) is 19.6 Å². The van der Waals surface area contributed by atoms with Gasteiger partial charge in [-0.15, -0.1) is 0 Å². The van der Waals surface area contributed by atoms with Crippen LogP contribution >= 0.6 is 11.6 Å². The van der Waals surface area contributed by atoms with Gasteiger partial charge in [0.15, 0.2) is 5.03 Å². The van der Waals surface area contributed by atoms with Crippen molar-refractivity contribution in [3.8, 4) is 0 Å². The largest absolute Gasteiger partial charge is 0.469 e. The molecule has 0 bridgehead atoms. The number of aryl methyl sites for hydroxylation is 1. The van der Waals surface area contributed by atoms with Crippen molar-refractivity contribution in [3.05, 3.63) is 11.2 Å². The van der Waals surface area contributed by atoms with Crippen LogP contribution in [0.5, 0.6) is 0 Å². The number of nitrogens with zero attached hydrogens (tertiary/aromatic N) is 3. The van der Waals surface area contributed by atoms with Crippen LogP contribution in [-0.4, -0.2) is 48.2 Å². The first-order valence-electron chi connectivity index (χ1n) is 6.64. The number of hydrogen-bond acceptors (Lipinski definition) is 5. The third-order valence-electron chi connectivity index (χ3n) is 3.60. The molecule has 1 fully saturated rings. The monoisotopic (exact) mass is 335 g/mol. The molecule has 21 heavy (non-hydrogen) atoms. The van der Waals surface area contributed by atoms with E-state index in [1.807, 2.05) is 0 Å². The second-order valence-electron chi connectivity index (χ2n) is 4.97.